The fraction of sp³-hybridized carbons (Fsp3) is 0.286. The first kappa shape index (κ1) is 17.3. The standard InChI is InChI=1S/C21H22N2OS2/c1-5-24-14-10-11-17-15(12-14)18-19(21(3,4)23-17)25-26-20(18)22-16-9-7-6-8-13(16)2/h6-12,23H,5H2,1-4H3. The SMILES string of the molecule is CCOc1ccc2c(c1)-c1c(ssc1=Nc1ccccc1C)C(C)(C)N2. The van der Waals surface area contributed by atoms with E-state index in [-0.39, 0.29) is 5.54 Å². The topological polar surface area (TPSA) is 33.6 Å². The van der Waals surface area contributed by atoms with Crippen LogP contribution in [0.3, 0.4) is 0 Å². The normalized spacial score (nSPS) is 15.2. The largest absolute Gasteiger partial charge is 0.494 e. The lowest BCUT2D eigenvalue weighted by atomic mass is 9.90. The number of rotatable bonds is 3. The third kappa shape index (κ3) is 2.95. The molecule has 0 radical (unpaired) electrons. The Morgan fingerprint density at radius 2 is 1.92 bits per heavy atom. The summed E-state index contributed by atoms with van der Waals surface area (Å²) < 4.78 is 6.81. The number of hydrogen-bond acceptors (Lipinski definition) is 5. The zero-order valence-electron chi connectivity index (χ0n) is 15.4. The summed E-state index contributed by atoms with van der Waals surface area (Å²) in [5, 5.41) is 3.67. The van der Waals surface area contributed by atoms with E-state index in [1.807, 2.05) is 29.4 Å². The monoisotopic (exact) mass is 382 g/mol. The van der Waals surface area contributed by atoms with Gasteiger partial charge in [0.05, 0.1) is 22.7 Å². The Bertz CT molecular complexity index is 1030. The molecule has 26 heavy (non-hydrogen) atoms. The number of aryl methyl sites for hydroxylation is 1. The maximum absolute atomic E-state index is 5.74. The molecule has 1 N–H and O–H groups in total. The minimum Gasteiger partial charge on any atom is -0.494 e. The molecule has 0 fully saturated rings. The highest BCUT2D eigenvalue weighted by Crippen LogP contribution is 2.46. The maximum Gasteiger partial charge on any atom is 0.135 e. The predicted octanol–water partition coefficient (Wildman–Crippen LogP) is 6.08. The van der Waals surface area contributed by atoms with Gasteiger partial charge in [-0.05, 0) is 57.5 Å². The van der Waals surface area contributed by atoms with Crippen LogP contribution < -0.4 is 14.7 Å². The van der Waals surface area contributed by atoms with Gasteiger partial charge in [0.15, 0.2) is 0 Å². The molecule has 2 heterocycles. The Morgan fingerprint density at radius 3 is 2.69 bits per heavy atom. The van der Waals surface area contributed by atoms with Crippen LogP contribution in [0.15, 0.2) is 47.5 Å². The predicted molar refractivity (Wildman–Crippen MR) is 112 cm³/mol. The molecule has 0 saturated carbocycles. The number of hydrogen-bond donors (Lipinski definition) is 1. The highest BCUT2D eigenvalue weighted by Gasteiger charge is 2.33. The molecule has 0 bridgehead atoms. The summed E-state index contributed by atoms with van der Waals surface area (Å²) in [5.74, 6) is 0.900. The van der Waals surface area contributed by atoms with E-state index in [0.717, 1.165) is 21.8 Å². The van der Waals surface area contributed by atoms with Crippen molar-refractivity contribution >= 4 is 32.1 Å². The van der Waals surface area contributed by atoms with Crippen molar-refractivity contribution in [2.75, 3.05) is 11.9 Å². The summed E-state index contributed by atoms with van der Waals surface area (Å²) in [7, 11) is 3.56. The Kier molecular flexibility index (Phi) is 4.37. The fourth-order valence-corrected chi connectivity index (χ4v) is 6.21. The summed E-state index contributed by atoms with van der Waals surface area (Å²) in [6.45, 7) is 9.24. The van der Waals surface area contributed by atoms with Crippen molar-refractivity contribution in [1.82, 2.24) is 0 Å². The van der Waals surface area contributed by atoms with Gasteiger partial charge < -0.3 is 10.1 Å². The second-order valence-corrected chi connectivity index (χ2v) is 9.09. The molecule has 0 aliphatic carbocycles. The number of nitrogens with zero attached hydrogens (tertiary/aromatic N) is 1. The molecule has 3 nitrogen and oxygen atoms in total. The molecule has 0 saturated heterocycles. The molecule has 0 spiro atoms. The van der Waals surface area contributed by atoms with Crippen LogP contribution in [-0.4, -0.2) is 6.61 Å². The molecule has 1 aliphatic rings. The molecule has 0 unspecified atom stereocenters. The van der Waals surface area contributed by atoms with Gasteiger partial charge in [-0.2, -0.15) is 0 Å². The van der Waals surface area contributed by atoms with Gasteiger partial charge >= 0.3 is 0 Å². The third-order valence-electron chi connectivity index (χ3n) is 4.57. The number of para-hydroxylation sites is 1. The zero-order chi connectivity index (χ0) is 18.3. The lowest BCUT2D eigenvalue weighted by Crippen LogP contribution is -2.31. The second-order valence-electron chi connectivity index (χ2n) is 6.96. The second kappa shape index (κ2) is 6.56. The molecule has 4 rings (SSSR count). The van der Waals surface area contributed by atoms with Crippen LogP contribution in [0, 0.1) is 6.92 Å². The highest BCUT2D eigenvalue weighted by atomic mass is 32.9. The minimum atomic E-state index is -0.115. The van der Waals surface area contributed by atoms with E-state index in [1.54, 1.807) is 10.3 Å². The molecule has 3 aromatic rings. The average molecular weight is 383 g/mol. The van der Waals surface area contributed by atoms with Crippen molar-refractivity contribution in [2.24, 2.45) is 4.99 Å². The quantitative estimate of drug-likeness (QED) is 0.557. The van der Waals surface area contributed by atoms with Crippen LogP contribution in [0.1, 0.15) is 31.2 Å². The van der Waals surface area contributed by atoms with Crippen molar-refractivity contribution in [3.05, 3.63) is 57.6 Å². The van der Waals surface area contributed by atoms with Crippen molar-refractivity contribution in [2.45, 2.75) is 33.2 Å². The minimum absolute atomic E-state index is 0.115. The van der Waals surface area contributed by atoms with Gasteiger partial charge in [-0.1, -0.05) is 38.9 Å². The zero-order valence-corrected chi connectivity index (χ0v) is 17.1. The lowest BCUT2D eigenvalue weighted by molar-refractivity contribution is 0.340. The first-order valence-electron chi connectivity index (χ1n) is 8.79. The van der Waals surface area contributed by atoms with E-state index >= 15 is 0 Å². The van der Waals surface area contributed by atoms with Gasteiger partial charge in [-0.25, -0.2) is 4.99 Å². The van der Waals surface area contributed by atoms with Crippen molar-refractivity contribution in [3.63, 3.8) is 0 Å². The number of benzene rings is 2. The Hall–Kier alpha value is -2.11. The van der Waals surface area contributed by atoms with Gasteiger partial charge in [-0.3, -0.25) is 0 Å². The van der Waals surface area contributed by atoms with Gasteiger partial charge in [0.2, 0.25) is 0 Å². The van der Waals surface area contributed by atoms with Crippen LogP contribution in [0.5, 0.6) is 5.75 Å². The van der Waals surface area contributed by atoms with Crippen LogP contribution in [0.2, 0.25) is 0 Å². The van der Waals surface area contributed by atoms with Crippen molar-refractivity contribution in [1.29, 1.82) is 0 Å². The van der Waals surface area contributed by atoms with Crippen LogP contribution in [0.25, 0.3) is 11.1 Å². The summed E-state index contributed by atoms with van der Waals surface area (Å²) in [6.07, 6.45) is 0. The summed E-state index contributed by atoms with van der Waals surface area (Å²) >= 11 is 0. The van der Waals surface area contributed by atoms with Crippen LogP contribution in [0.4, 0.5) is 11.4 Å². The van der Waals surface area contributed by atoms with Gasteiger partial charge in [0.25, 0.3) is 0 Å². The summed E-state index contributed by atoms with van der Waals surface area (Å²) in [5.41, 5.74) is 5.66. The van der Waals surface area contributed by atoms with Crippen molar-refractivity contribution in [3.8, 4) is 16.9 Å². The molecule has 2 aromatic carbocycles. The molecule has 1 aromatic heterocycles. The lowest BCUT2D eigenvalue weighted by Gasteiger charge is -2.33. The summed E-state index contributed by atoms with van der Waals surface area (Å²) in [4.78, 5) is 6.34. The van der Waals surface area contributed by atoms with E-state index in [9.17, 15) is 0 Å². The van der Waals surface area contributed by atoms with E-state index in [0.29, 0.717) is 6.61 Å². The molecule has 134 valence electrons. The van der Waals surface area contributed by atoms with E-state index < -0.39 is 0 Å². The van der Waals surface area contributed by atoms with Gasteiger partial charge in [0.1, 0.15) is 10.4 Å². The van der Waals surface area contributed by atoms with Crippen LogP contribution in [-0.2, 0) is 5.54 Å². The third-order valence-corrected chi connectivity index (χ3v) is 7.21. The van der Waals surface area contributed by atoms with Crippen LogP contribution >= 0.6 is 20.7 Å². The number of fused-ring (bicyclic) bond motifs is 3. The number of nitrogens with one attached hydrogen (secondary N) is 1. The molecule has 1 aliphatic heterocycles. The van der Waals surface area contributed by atoms with Crippen molar-refractivity contribution < 1.29 is 4.74 Å². The Labute approximate surface area is 161 Å². The fourth-order valence-electron chi connectivity index (χ4n) is 3.28. The van der Waals surface area contributed by atoms with E-state index in [2.05, 4.69) is 56.4 Å². The maximum atomic E-state index is 5.74. The molecule has 5 heteroatoms. The Morgan fingerprint density at radius 1 is 1.12 bits per heavy atom. The number of anilines is 1. The Balaban J connectivity index is 1.96. The first-order chi connectivity index (χ1) is 12.5. The van der Waals surface area contributed by atoms with E-state index in [1.165, 1.54) is 21.6 Å². The number of ether oxygens (including phenoxy) is 1. The van der Waals surface area contributed by atoms with E-state index in [4.69, 9.17) is 9.73 Å². The first-order valence-corrected chi connectivity index (χ1v) is 10.9. The van der Waals surface area contributed by atoms with Gasteiger partial charge in [-0.15, -0.1) is 0 Å². The molecular weight excluding hydrogens is 360 g/mol. The summed E-state index contributed by atoms with van der Waals surface area (Å²) in [6, 6.07) is 14.6. The molecular formula is C21H22N2OS2. The smallest absolute Gasteiger partial charge is 0.135 e. The highest BCUT2D eigenvalue weighted by molar-refractivity contribution is 7.68. The molecule has 0 atom stereocenters. The average Bonchev–Trinajstić information content (AvgIpc) is 3.03. The molecule has 0 amide bonds. The van der Waals surface area contributed by atoms with Gasteiger partial charge in [0, 0.05) is 16.8 Å².